The summed E-state index contributed by atoms with van der Waals surface area (Å²) in [6, 6.07) is 9.27. The number of fused-ring (bicyclic) bond motifs is 1. The van der Waals surface area contributed by atoms with Crippen molar-refractivity contribution in [2.45, 2.75) is 19.4 Å². The zero-order valence-corrected chi connectivity index (χ0v) is 15.5. The molecule has 0 spiro atoms. The minimum absolute atomic E-state index is 0.00133. The lowest BCUT2D eigenvalue weighted by Crippen LogP contribution is -2.42. The van der Waals surface area contributed by atoms with Gasteiger partial charge in [0.05, 0.1) is 11.7 Å². The van der Waals surface area contributed by atoms with Crippen molar-refractivity contribution in [3.8, 4) is 0 Å². The van der Waals surface area contributed by atoms with Crippen molar-refractivity contribution in [1.82, 2.24) is 23.9 Å². The van der Waals surface area contributed by atoms with E-state index in [4.69, 9.17) is 0 Å². The highest BCUT2D eigenvalue weighted by Gasteiger charge is 2.27. The number of hydrogen-bond donors (Lipinski definition) is 1. The zero-order valence-electron chi connectivity index (χ0n) is 14.7. The molecule has 1 aromatic carbocycles. The lowest BCUT2D eigenvalue weighted by Gasteiger charge is -2.31. The second-order valence-corrected chi connectivity index (χ2v) is 7.14. The van der Waals surface area contributed by atoms with Crippen LogP contribution in [-0.2, 0) is 11.3 Å². The Kier molecular flexibility index (Phi) is 5.06. The number of aromatic nitrogens is 3. The summed E-state index contributed by atoms with van der Waals surface area (Å²) in [6.07, 6.45) is 4.59. The second-order valence-electron chi connectivity index (χ2n) is 6.61. The van der Waals surface area contributed by atoms with Gasteiger partial charge in [0.1, 0.15) is 11.0 Å². The van der Waals surface area contributed by atoms with Gasteiger partial charge in [0, 0.05) is 43.5 Å². The maximum absolute atomic E-state index is 12.5. The largest absolute Gasteiger partial charge is 0.352 e. The van der Waals surface area contributed by atoms with Crippen LogP contribution in [0.3, 0.4) is 0 Å². The van der Waals surface area contributed by atoms with Crippen LogP contribution in [0.2, 0.25) is 0 Å². The average molecular weight is 381 g/mol. The van der Waals surface area contributed by atoms with Crippen LogP contribution in [0.5, 0.6) is 0 Å². The molecule has 2 amide bonds. The summed E-state index contributed by atoms with van der Waals surface area (Å²) in [7, 11) is 0. The molecule has 1 aliphatic rings. The molecule has 4 rings (SSSR count). The highest BCUT2D eigenvalue weighted by atomic mass is 32.1. The standard InChI is InChI=1S/C19H19N5O2S/c25-18(21-12-13-1-2-16-17(11-13)23-27-22-16)14-5-9-24(10-6-14)19(26)15-3-7-20-8-4-15/h1-4,7-8,11,14H,5-6,9-10,12H2,(H,21,25). The first kappa shape index (κ1) is 17.5. The van der Waals surface area contributed by atoms with E-state index in [-0.39, 0.29) is 17.7 Å². The van der Waals surface area contributed by atoms with Gasteiger partial charge in [-0.3, -0.25) is 14.6 Å². The van der Waals surface area contributed by atoms with E-state index in [1.807, 2.05) is 23.1 Å². The van der Waals surface area contributed by atoms with Gasteiger partial charge in [0.15, 0.2) is 0 Å². The van der Waals surface area contributed by atoms with Gasteiger partial charge in [-0.2, -0.15) is 8.75 Å². The van der Waals surface area contributed by atoms with Gasteiger partial charge in [-0.15, -0.1) is 0 Å². The zero-order chi connectivity index (χ0) is 18.6. The molecular weight excluding hydrogens is 362 g/mol. The number of hydrogen-bond acceptors (Lipinski definition) is 6. The molecule has 1 fully saturated rings. The Hall–Kier alpha value is -2.87. The number of amides is 2. The van der Waals surface area contributed by atoms with Crippen molar-refractivity contribution in [2.75, 3.05) is 13.1 Å². The predicted octanol–water partition coefficient (Wildman–Crippen LogP) is 2.25. The average Bonchev–Trinajstić information content (AvgIpc) is 3.20. The van der Waals surface area contributed by atoms with Crippen molar-refractivity contribution >= 4 is 34.6 Å². The van der Waals surface area contributed by atoms with Gasteiger partial charge in [-0.05, 0) is 42.7 Å². The van der Waals surface area contributed by atoms with Gasteiger partial charge in [-0.1, -0.05) is 6.07 Å². The fourth-order valence-electron chi connectivity index (χ4n) is 3.29. The molecule has 2 aromatic heterocycles. The van der Waals surface area contributed by atoms with Crippen molar-refractivity contribution in [3.63, 3.8) is 0 Å². The van der Waals surface area contributed by atoms with Crippen LogP contribution < -0.4 is 5.32 Å². The molecule has 0 saturated carbocycles. The molecule has 0 atom stereocenters. The molecule has 27 heavy (non-hydrogen) atoms. The Morgan fingerprint density at radius 2 is 1.81 bits per heavy atom. The third-order valence-corrected chi connectivity index (χ3v) is 5.42. The first-order chi connectivity index (χ1) is 13.2. The first-order valence-corrected chi connectivity index (χ1v) is 9.62. The van der Waals surface area contributed by atoms with Crippen LogP contribution in [0.25, 0.3) is 11.0 Å². The molecule has 3 heterocycles. The van der Waals surface area contributed by atoms with Gasteiger partial charge in [0.25, 0.3) is 5.91 Å². The number of nitrogens with one attached hydrogen (secondary N) is 1. The van der Waals surface area contributed by atoms with Crippen molar-refractivity contribution in [3.05, 3.63) is 53.9 Å². The van der Waals surface area contributed by atoms with Gasteiger partial charge < -0.3 is 10.2 Å². The van der Waals surface area contributed by atoms with Crippen LogP contribution in [0, 0.1) is 5.92 Å². The van der Waals surface area contributed by atoms with Crippen LogP contribution >= 0.6 is 11.7 Å². The topological polar surface area (TPSA) is 88.1 Å². The Balaban J connectivity index is 1.29. The third-order valence-electron chi connectivity index (χ3n) is 4.87. The lowest BCUT2D eigenvalue weighted by molar-refractivity contribution is -0.126. The monoisotopic (exact) mass is 381 g/mol. The highest BCUT2D eigenvalue weighted by molar-refractivity contribution is 7.00. The number of likely N-dealkylation sites (tertiary alicyclic amines) is 1. The van der Waals surface area contributed by atoms with Crippen molar-refractivity contribution in [1.29, 1.82) is 0 Å². The molecular formula is C19H19N5O2S. The van der Waals surface area contributed by atoms with E-state index in [1.54, 1.807) is 24.5 Å². The molecule has 0 aliphatic carbocycles. The summed E-state index contributed by atoms with van der Waals surface area (Å²) in [4.78, 5) is 30.7. The Morgan fingerprint density at radius 1 is 1.07 bits per heavy atom. The Bertz CT molecular complexity index is 951. The molecule has 0 radical (unpaired) electrons. The van der Waals surface area contributed by atoms with Crippen LogP contribution in [0.15, 0.2) is 42.7 Å². The molecule has 138 valence electrons. The summed E-state index contributed by atoms with van der Waals surface area (Å²) in [5.74, 6) is -0.0138. The second kappa shape index (κ2) is 7.79. The molecule has 1 aliphatic heterocycles. The number of nitrogens with zero attached hydrogens (tertiary/aromatic N) is 4. The van der Waals surface area contributed by atoms with E-state index in [9.17, 15) is 9.59 Å². The van der Waals surface area contributed by atoms with Crippen LogP contribution in [-0.4, -0.2) is 43.5 Å². The summed E-state index contributed by atoms with van der Waals surface area (Å²) < 4.78 is 8.40. The molecule has 1 N–H and O–H groups in total. The summed E-state index contributed by atoms with van der Waals surface area (Å²) in [5, 5.41) is 3.01. The number of piperidine rings is 1. The van der Waals surface area contributed by atoms with Crippen molar-refractivity contribution in [2.24, 2.45) is 5.92 Å². The van der Waals surface area contributed by atoms with E-state index in [0.717, 1.165) is 16.6 Å². The molecule has 7 nitrogen and oxygen atoms in total. The molecule has 8 heteroatoms. The lowest BCUT2D eigenvalue weighted by atomic mass is 9.95. The molecule has 1 saturated heterocycles. The number of carbonyl (C=O) groups is 2. The quantitative estimate of drug-likeness (QED) is 0.749. The normalized spacial score (nSPS) is 15.0. The SMILES string of the molecule is O=C(NCc1ccc2nsnc2c1)C1CCN(C(=O)c2ccncc2)CC1. The van der Waals surface area contributed by atoms with E-state index in [0.29, 0.717) is 38.0 Å². The number of pyridine rings is 1. The minimum atomic E-state index is -0.0591. The number of rotatable bonds is 4. The molecule has 0 bridgehead atoms. The fraction of sp³-hybridized carbons (Fsp3) is 0.316. The number of benzene rings is 1. The van der Waals surface area contributed by atoms with E-state index in [2.05, 4.69) is 19.0 Å². The highest BCUT2D eigenvalue weighted by Crippen LogP contribution is 2.20. The van der Waals surface area contributed by atoms with Crippen LogP contribution in [0.4, 0.5) is 0 Å². The van der Waals surface area contributed by atoms with E-state index in [1.165, 1.54) is 11.7 Å². The van der Waals surface area contributed by atoms with E-state index >= 15 is 0 Å². The maximum Gasteiger partial charge on any atom is 0.253 e. The van der Waals surface area contributed by atoms with E-state index < -0.39 is 0 Å². The number of carbonyl (C=O) groups excluding carboxylic acids is 2. The Labute approximate surface area is 160 Å². The Morgan fingerprint density at radius 3 is 2.59 bits per heavy atom. The van der Waals surface area contributed by atoms with Crippen molar-refractivity contribution < 1.29 is 9.59 Å². The smallest absolute Gasteiger partial charge is 0.253 e. The summed E-state index contributed by atoms with van der Waals surface area (Å²) in [5.41, 5.74) is 3.38. The fourth-order valence-corrected chi connectivity index (χ4v) is 3.81. The predicted molar refractivity (Wildman–Crippen MR) is 102 cm³/mol. The summed E-state index contributed by atoms with van der Waals surface area (Å²) in [6.45, 7) is 1.66. The summed E-state index contributed by atoms with van der Waals surface area (Å²) >= 11 is 1.19. The third kappa shape index (κ3) is 3.95. The van der Waals surface area contributed by atoms with Gasteiger partial charge >= 0.3 is 0 Å². The molecule has 0 unspecified atom stereocenters. The van der Waals surface area contributed by atoms with Gasteiger partial charge in [-0.25, -0.2) is 0 Å². The first-order valence-electron chi connectivity index (χ1n) is 8.89. The van der Waals surface area contributed by atoms with Gasteiger partial charge in [0.2, 0.25) is 5.91 Å². The molecule has 3 aromatic rings. The maximum atomic E-state index is 12.5. The van der Waals surface area contributed by atoms with Crippen LogP contribution in [0.1, 0.15) is 28.8 Å². The minimum Gasteiger partial charge on any atom is -0.352 e.